The second kappa shape index (κ2) is 4.72. The first-order chi connectivity index (χ1) is 6.70. The summed E-state index contributed by atoms with van der Waals surface area (Å²) in [4.78, 5) is 12.9. The minimum Gasteiger partial charge on any atom is -0.384 e. The Bertz CT molecular complexity index is 326. The van der Waals surface area contributed by atoms with Crippen LogP contribution in [0.5, 0.6) is 0 Å². The summed E-state index contributed by atoms with van der Waals surface area (Å²) in [5, 5.41) is 8.79. The lowest BCUT2D eigenvalue weighted by molar-refractivity contribution is -0.658. The number of hydrogen-bond acceptors (Lipinski definition) is 2. The molecule has 0 radical (unpaired) electrons. The number of aryl methyl sites for hydroxylation is 1. The molecule has 1 N–H and O–H groups in total. The highest BCUT2D eigenvalue weighted by molar-refractivity contribution is 5.92. The lowest BCUT2D eigenvalue weighted by Crippen LogP contribution is -2.43. The summed E-state index contributed by atoms with van der Waals surface area (Å²) >= 11 is 0. The molecule has 4 nitrogen and oxygen atoms in total. The SMILES string of the molecule is CCN(C(=O)CO)c1cccc[n+]1C. The van der Waals surface area contributed by atoms with Gasteiger partial charge in [-0.05, 0) is 13.0 Å². The van der Waals surface area contributed by atoms with Crippen LogP contribution >= 0.6 is 0 Å². The molecular weight excluding hydrogens is 180 g/mol. The largest absolute Gasteiger partial charge is 0.384 e. The first-order valence-corrected chi connectivity index (χ1v) is 4.56. The number of carbonyl (C=O) groups excluding carboxylic acids is 1. The molecule has 1 aromatic rings. The van der Waals surface area contributed by atoms with Gasteiger partial charge in [0.2, 0.25) is 0 Å². The second-order valence-electron chi connectivity index (χ2n) is 2.97. The summed E-state index contributed by atoms with van der Waals surface area (Å²) in [6, 6.07) is 5.60. The molecule has 0 aromatic carbocycles. The minimum atomic E-state index is -0.456. The van der Waals surface area contributed by atoms with E-state index in [2.05, 4.69) is 0 Å². The molecule has 1 amide bonds. The zero-order valence-corrected chi connectivity index (χ0v) is 8.47. The fraction of sp³-hybridized carbons (Fsp3) is 0.400. The Morgan fingerprint density at radius 1 is 1.57 bits per heavy atom. The minimum absolute atomic E-state index is 0.283. The highest BCUT2D eigenvalue weighted by atomic mass is 16.3. The monoisotopic (exact) mass is 195 g/mol. The predicted octanol–water partition coefficient (Wildman–Crippen LogP) is -0.144. The van der Waals surface area contributed by atoms with Gasteiger partial charge in [-0.3, -0.25) is 0 Å². The van der Waals surface area contributed by atoms with Crippen molar-refractivity contribution in [2.24, 2.45) is 7.05 Å². The molecule has 0 aliphatic heterocycles. The molecule has 14 heavy (non-hydrogen) atoms. The van der Waals surface area contributed by atoms with E-state index in [0.29, 0.717) is 6.54 Å². The number of aliphatic hydroxyl groups excluding tert-OH is 1. The average Bonchev–Trinajstić information content (AvgIpc) is 2.21. The van der Waals surface area contributed by atoms with Crippen molar-refractivity contribution >= 4 is 11.7 Å². The van der Waals surface area contributed by atoms with Crippen molar-refractivity contribution in [2.45, 2.75) is 6.92 Å². The van der Waals surface area contributed by atoms with Gasteiger partial charge in [0.25, 0.3) is 5.82 Å². The van der Waals surface area contributed by atoms with E-state index in [1.54, 1.807) is 4.90 Å². The molecule has 0 saturated heterocycles. The Labute approximate surface area is 83.4 Å². The van der Waals surface area contributed by atoms with Gasteiger partial charge in [-0.25, -0.2) is 9.36 Å². The number of likely N-dealkylation sites (N-methyl/N-ethyl adjacent to an activating group) is 1. The van der Waals surface area contributed by atoms with Gasteiger partial charge in [-0.1, -0.05) is 6.07 Å². The van der Waals surface area contributed by atoms with Crippen LogP contribution in [0, 0.1) is 0 Å². The Kier molecular flexibility index (Phi) is 3.59. The maximum atomic E-state index is 11.4. The Morgan fingerprint density at radius 2 is 2.29 bits per heavy atom. The van der Waals surface area contributed by atoms with Crippen LogP contribution in [0.1, 0.15) is 6.92 Å². The van der Waals surface area contributed by atoms with Crippen LogP contribution in [0.25, 0.3) is 0 Å². The second-order valence-corrected chi connectivity index (χ2v) is 2.97. The molecule has 0 aliphatic carbocycles. The summed E-state index contributed by atoms with van der Waals surface area (Å²) in [6.07, 6.45) is 1.86. The number of amides is 1. The van der Waals surface area contributed by atoms with Gasteiger partial charge < -0.3 is 5.11 Å². The summed E-state index contributed by atoms with van der Waals surface area (Å²) in [5.41, 5.74) is 0. The van der Waals surface area contributed by atoms with E-state index < -0.39 is 6.61 Å². The van der Waals surface area contributed by atoms with Crippen molar-refractivity contribution in [2.75, 3.05) is 18.1 Å². The first-order valence-electron chi connectivity index (χ1n) is 4.56. The smallest absolute Gasteiger partial charge is 0.335 e. The summed E-state index contributed by atoms with van der Waals surface area (Å²) < 4.78 is 1.84. The molecule has 4 heteroatoms. The molecule has 0 spiro atoms. The molecule has 76 valence electrons. The third kappa shape index (κ3) is 2.09. The van der Waals surface area contributed by atoms with E-state index in [1.807, 2.05) is 42.9 Å². The highest BCUT2D eigenvalue weighted by Gasteiger charge is 2.22. The molecule has 0 atom stereocenters. The van der Waals surface area contributed by atoms with E-state index in [-0.39, 0.29) is 5.91 Å². The van der Waals surface area contributed by atoms with Crippen LogP contribution in [0.15, 0.2) is 24.4 Å². The molecular formula is C10H15N2O2+. The van der Waals surface area contributed by atoms with Gasteiger partial charge in [0.15, 0.2) is 0 Å². The van der Waals surface area contributed by atoms with E-state index in [0.717, 1.165) is 5.82 Å². The van der Waals surface area contributed by atoms with Crippen LogP contribution in [0.2, 0.25) is 0 Å². The normalized spacial score (nSPS) is 9.93. The number of carbonyl (C=O) groups is 1. The van der Waals surface area contributed by atoms with Crippen molar-refractivity contribution < 1.29 is 14.5 Å². The van der Waals surface area contributed by atoms with Gasteiger partial charge >= 0.3 is 5.91 Å². The molecule has 1 heterocycles. The average molecular weight is 195 g/mol. The summed E-state index contributed by atoms with van der Waals surface area (Å²) in [6.45, 7) is 1.97. The van der Waals surface area contributed by atoms with Crippen LogP contribution < -0.4 is 9.47 Å². The number of pyridine rings is 1. The summed E-state index contributed by atoms with van der Waals surface area (Å²) in [7, 11) is 1.86. The molecule has 1 rings (SSSR count). The number of aliphatic hydroxyl groups is 1. The molecule has 0 unspecified atom stereocenters. The molecule has 0 bridgehead atoms. The molecule has 0 aliphatic rings. The number of hydrogen-bond donors (Lipinski definition) is 1. The standard InChI is InChI=1S/C10H15N2O2/c1-3-12(10(14)8-13)9-6-4-5-7-11(9)2/h4-7,13H,3,8H2,1-2H3/q+1. The number of anilines is 1. The van der Waals surface area contributed by atoms with Crippen LogP contribution in [0.3, 0.4) is 0 Å². The zero-order chi connectivity index (χ0) is 10.6. The van der Waals surface area contributed by atoms with Crippen molar-refractivity contribution in [3.05, 3.63) is 24.4 Å². The number of aromatic nitrogens is 1. The van der Waals surface area contributed by atoms with E-state index in [4.69, 9.17) is 5.11 Å². The van der Waals surface area contributed by atoms with E-state index in [1.165, 1.54) is 0 Å². The van der Waals surface area contributed by atoms with Crippen LogP contribution in [-0.4, -0.2) is 24.2 Å². The predicted molar refractivity (Wildman–Crippen MR) is 52.7 cm³/mol. The molecule has 0 fully saturated rings. The fourth-order valence-electron chi connectivity index (χ4n) is 1.35. The lowest BCUT2D eigenvalue weighted by atomic mass is 10.4. The lowest BCUT2D eigenvalue weighted by Gasteiger charge is -2.12. The summed E-state index contributed by atoms with van der Waals surface area (Å²) in [5.74, 6) is 0.503. The number of rotatable bonds is 3. The third-order valence-electron chi connectivity index (χ3n) is 2.06. The molecule has 0 saturated carbocycles. The van der Waals surface area contributed by atoms with Crippen molar-refractivity contribution in [3.63, 3.8) is 0 Å². The van der Waals surface area contributed by atoms with E-state index in [9.17, 15) is 4.79 Å². The highest BCUT2D eigenvalue weighted by Crippen LogP contribution is 2.06. The van der Waals surface area contributed by atoms with Crippen LogP contribution in [-0.2, 0) is 11.8 Å². The Hall–Kier alpha value is -1.42. The van der Waals surface area contributed by atoms with Gasteiger partial charge in [-0.15, -0.1) is 0 Å². The maximum absolute atomic E-state index is 11.4. The van der Waals surface area contributed by atoms with Crippen molar-refractivity contribution in [1.82, 2.24) is 0 Å². The fourth-order valence-corrected chi connectivity index (χ4v) is 1.35. The van der Waals surface area contributed by atoms with Gasteiger partial charge in [0, 0.05) is 6.07 Å². The van der Waals surface area contributed by atoms with E-state index >= 15 is 0 Å². The third-order valence-corrected chi connectivity index (χ3v) is 2.06. The van der Waals surface area contributed by atoms with Gasteiger partial charge in [0.05, 0.1) is 19.8 Å². The zero-order valence-electron chi connectivity index (χ0n) is 8.47. The maximum Gasteiger partial charge on any atom is 0.335 e. The topological polar surface area (TPSA) is 44.4 Å². The Morgan fingerprint density at radius 3 is 2.79 bits per heavy atom. The first kappa shape index (κ1) is 10.7. The van der Waals surface area contributed by atoms with Crippen molar-refractivity contribution in [1.29, 1.82) is 0 Å². The quantitative estimate of drug-likeness (QED) is 0.682. The van der Waals surface area contributed by atoms with Gasteiger partial charge in [0.1, 0.15) is 6.61 Å². The molecule has 1 aromatic heterocycles. The van der Waals surface area contributed by atoms with Gasteiger partial charge in [-0.2, -0.15) is 4.90 Å². The number of nitrogens with zero attached hydrogens (tertiary/aromatic N) is 2. The van der Waals surface area contributed by atoms with Crippen molar-refractivity contribution in [3.8, 4) is 0 Å². The Balaban J connectivity index is 3.01. The van der Waals surface area contributed by atoms with Crippen LogP contribution in [0.4, 0.5) is 5.82 Å².